The van der Waals surface area contributed by atoms with Gasteiger partial charge in [-0.2, -0.15) is 0 Å². The molecule has 3 fully saturated rings. The van der Waals surface area contributed by atoms with Gasteiger partial charge >= 0.3 is 0 Å². The molecule has 3 atom stereocenters. The normalized spacial score (nSPS) is 52.9. The van der Waals surface area contributed by atoms with Crippen LogP contribution in [0.25, 0.3) is 0 Å². The zero-order valence-electron chi connectivity index (χ0n) is 11.7. The van der Waals surface area contributed by atoms with Crippen LogP contribution in [-0.4, -0.2) is 11.2 Å². The summed E-state index contributed by atoms with van der Waals surface area (Å²) in [6.07, 6.45) is 9.08. The van der Waals surface area contributed by atoms with Gasteiger partial charge in [0.25, 0.3) is 0 Å². The van der Waals surface area contributed by atoms with Gasteiger partial charge in [0.2, 0.25) is 0 Å². The first-order valence-corrected chi connectivity index (χ1v) is 7.63. The topological polar surface area (TPSA) is 20.2 Å². The summed E-state index contributed by atoms with van der Waals surface area (Å²) >= 11 is 0. The van der Waals surface area contributed by atoms with Crippen molar-refractivity contribution in [2.45, 2.75) is 71.8 Å². The molecule has 1 heteroatoms. The fraction of sp³-hybridized carbons (Fsp3) is 1.00. The van der Waals surface area contributed by atoms with E-state index in [2.05, 4.69) is 20.8 Å². The molecule has 0 saturated heterocycles. The Morgan fingerprint density at radius 3 is 2.06 bits per heavy atom. The summed E-state index contributed by atoms with van der Waals surface area (Å²) in [6.45, 7) is 7.60. The SMILES string of the molecule is CC1(C)C2CCC1(C)C(C1CCC(O)CC1)C2. The summed E-state index contributed by atoms with van der Waals surface area (Å²) in [5.74, 6) is 2.83. The molecule has 3 aliphatic carbocycles. The van der Waals surface area contributed by atoms with E-state index in [9.17, 15) is 5.11 Å². The van der Waals surface area contributed by atoms with Gasteiger partial charge in [-0.05, 0) is 73.5 Å². The average Bonchev–Trinajstić information content (AvgIpc) is 2.62. The lowest BCUT2D eigenvalue weighted by molar-refractivity contribution is 0.0265. The predicted molar refractivity (Wildman–Crippen MR) is 70.7 cm³/mol. The quantitative estimate of drug-likeness (QED) is 0.729. The molecule has 3 unspecified atom stereocenters. The first kappa shape index (κ1) is 12.0. The Bertz CT molecular complexity index is 301. The van der Waals surface area contributed by atoms with Gasteiger partial charge in [0.1, 0.15) is 0 Å². The van der Waals surface area contributed by atoms with E-state index < -0.39 is 0 Å². The summed E-state index contributed by atoms with van der Waals surface area (Å²) < 4.78 is 0. The molecule has 0 aliphatic heterocycles. The maximum absolute atomic E-state index is 9.67. The minimum absolute atomic E-state index is 0.00524. The number of hydrogen-bond acceptors (Lipinski definition) is 1. The number of hydrogen-bond donors (Lipinski definition) is 1. The van der Waals surface area contributed by atoms with Crippen LogP contribution in [0, 0.1) is 28.6 Å². The van der Waals surface area contributed by atoms with Crippen molar-refractivity contribution in [3.8, 4) is 0 Å². The molecule has 0 aromatic heterocycles. The molecular formula is C16H28O. The molecule has 0 aromatic carbocycles. The Morgan fingerprint density at radius 1 is 0.941 bits per heavy atom. The van der Waals surface area contributed by atoms with Crippen molar-refractivity contribution in [1.82, 2.24) is 0 Å². The van der Waals surface area contributed by atoms with Gasteiger partial charge in [0.05, 0.1) is 6.10 Å². The molecule has 2 bridgehead atoms. The molecule has 0 heterocycles. The Labute approximate surface area is 106 Å². The van der Waals surface area contributed by atoms with Crippen molar-refractivity contribution < 1.29 is 5.11 Å². The van der Waals surface area contributed by atoms with Gasteiger partial charge in [0.15, 0.2) is 0 Å². The minimum atomic E-state index is 0.00524. The lowest BCUT2D eigenvalue weighted by atomic mass is 9.61. The van der Waals surface area contributed by atoms with Crippen molar-refractivity contribution in [2.24, 2.45) is 28.6 Å². The maximum atomic E-state index is 9.67. The molecule has 0 spiro atoms. The van der Waals surface area contributed by atoms with Gasteiger partial charge in [-0.1, -0.05) is 20.8 Å². The highest BCUT2D eigenvalue weighted by molar-refractivity contribution is 5.11. The third-order valence-electron chi connectivity index (χ3n) is 7.17. The molecule has 1 N–H and O–H groups in total. The first-order chi connectivity index (χ1) is 7.95. The Hall–Kier alpha value is -0.0400. The number of fused-ring (bicyclic) bond motifs is 2. The Morgan fingerprint density at radius 2 is 1.59 bits per heavy atom. The number of rotatable bonds is 1. The largest absolute Gasteiger partial charge is 0.393 e. The van der Waals surface area contributed by atoms with E-state index in [0.717, 1.165) is 30.6 Å². The molecule has 98 valence electrons. The highest BCUT2D eigenvalue weighted by atomic mass is 16.3. The van der Waals surface area contributed by atoms with Crippen molar-refractivity contribution in [3.05, 3.63) is 0 Å². The summed E-state index contributed by atoms with van der Waals surface area (Å²) in [5, 5.41) is 9.67. The minimum Gasteiger partial charge on any atom is -0.393 e. The maximum Gasteiger partial charge on any atom is 0.0540 e. The number of aliphatic hydroxyl groups excluding tert-OH is 1. The second kappa shape index (κ2) is 3.73. The third-order valence-corrected chi connectivity index (χ3v) is 7.17. The molecule has 17 heavy (non-hydrogen) atoms. The average molecular weight is 236 g/mol. The zero-order chi connectivity index (χ0) is 12.3. The molecule has 0 aromatic rings. The van der Waals surface area contributed by atoms with Crippen LogP contribution < -0.4 is 0 Å². The van der Waals surface area contributed by atoms with E-state index in [0.29, 0.717) is 10.8 Å². The lowest BCUT2D eigenvalue weighted by Crippen LogP contribution is -2.37. The molecule has 3 aliphatic rings. The van der Waals surface area contributed by atoms with E-state index in [-0.39, 0.29) is 6.10 Å². The fourth-order valence-electron chi connectivity index (χ4n) is 5.48. The van der Waals surface area contributed by atoms with Gasteiger partial charge in [-0.15, -0.1) is 0 Å². The Balaban J connectivity index is 1.78. The van der Waals surface area contributed by atoms with E-state index in [4.69, 9.17) is 0 Å². The van der Waals surface area contributed by atoms with Gasteiger partial charge < -0.3 is 5.11 Å². The lowest BCUT2D eigenvalue weighted by Gasteiger charge is -2.44. The number of aliphatic hydroxyl groups is 1. The second-order valence-electron chi connectivity index (χ2n) is 7.79. The van der Waals surface area contributed by atoms with Crippen LogP contribution in [-0.2, 0) is 0 Å². The highest BCUT2D eigenvalue weighted by Crippen LogP contribution is 2.70. The van der Waals surface area contributed by atoms with E-state index in [1.165, 1.54) is 32.1 Å². The van der Waals surface area contributed by atoms with E-state index in [1.54, 1.807) is 0 Å². The monoisotopic (exact) mass is 236 g/mol. The van der Waals surface area contributed by atoms with Crippen molar-refractivity contribution >= 4 is 0 Å². The van der Waals surface area contributed by atoms with Crippen LogP contribution in [0.5, 0.6) is 0 Å². The third kappa shape index (κ3) is 1.54. The molecule has 1 nitrogen and oxygen atoms in total. The van der Waals surface area contributed by atoms with Crippen LogP contribution in [0.3, 0.4) is 0 Å². The van der Waals surface area contributed by atoms with Crippen LogP contribution in [0.1, 0.15) is 65.7 Å². The van der Waals surface area contributed by atoms with Crippen molar-refractivity contribution in [2.75, 3.05) is 0 Å². The summed E-state index contributed by atoms with van der Waals surface area (Å²) in [7, 11) is 0. The smallest absolute Gasteiger partial charge is 0.0540 e. The molecule has 3 saturated carbocycles. The first-order valence-electron chi connectivity index (χ1n) is 7.63. The van der Waals surface area contributed by atoms with Crippen LogP contribution in [0.4, 0.5) is 0 Å². The standard InChI is InChI=1S/C16H28O/c1-15(2)12-8-9-16(15,3)14(10-12)11-4-6-13(17)7-5-11/h11-14,17H,4-10H2,1-3H3. The van der Waals surface area contributed by atoms with Crippen molar-refractivity contribution in [1.29, 1.82) is 0 Å². The van der Waals surface area contributed by atoms with Crippen LogP contribution >= 0.6 is 0 Å². The highest BCUT2D eigenvalue weighted by Gasteiger charge is 2.62. The van der Waals surface area contributed by atoms with Crippen LogP contribution in [0.2, 0.25) is 0 Å². The predicted octanol–water partition coefficient (Wildman–Crippen LogP) is 4.00. The van der Waals surface area contributed by atoms with Crippen LogP contribution in [0.15, 0.2) is 0 Å². The Kier molecular flexibility index (Phi) is 2.63. The van der Waals surface area contributed by atoms with Crippen molar-refractivity contribution in [3.63, 3.8) is 0 Å². The fourth-order valence-corrected chi connectivity index (χ4v) is 5.48. The summed E-state index contributed by atoms with van der Waals surface area (Å²) in [4.78, 5) is 0. The van der Waals surface area contributed by atoms with Gasteiger partial charge in [-0.25, -0.2) is 0 Å². The molecule has 0 radical (unpaired) electrons. The molecular weight excluding hydrogens is 208 g/mol. The zero-order valence-corrected chi connectivity index (χ0v) is 11.7. The van der Waals surface area contributed by atoms with E-state index >= 15 is 0 Å². The summed E-state index contributed by atoms with van der Waals surface area (Å²) in [6, 6.07) is 0. The molecule has 0 amide bonds. The molecule has 3 rings (SSSR count). The van der Waals surface area contributed by atoms with Gasteiger partial charge in [-0.3, -0.25) is 0 Å². The summed E-state index contributed by atoms with van der Waals surface area (Å²) in [5.41, 5.74) is 1.15. The van der Waals surface area contributed by atoms with E-state index in [1.807, 2.05) is 0 Å². The van der Waals surface area contributed by atoms with Gasteiger partial charge in [0, 0.05) is 0 Å². The second-order valence-corrected chi connectivity index (χ2v) is 7.79.